The maximum atomic E-state index is 12.9. The summed E-state index contributed by atoms with van der Waals surface area (Å²) in [5, 5.41) is 0. The average Bonchev–Trinajstić information content (AvgIpc) is 3.42. The number of alkyl halides is 3. The molecule has 1 fully saturated rings. The second-order valence-electron chi connectivity index (χ2n) is 7.68. The zero-order chi connectivity index (χ0) is 21.4. The van der Waals surface area contributed by atoms with Gasteiger partial charge in [-0.3, -0.25) is 0 Å². The summed E-state index contributed by atoms with van der Waals surface area (Å²) in [5.41, 5.74) is -0.609. The minimum absolute atomic E-state index is 0.127. The molecule has 3 atom stereocenters. The van der Waals surface area contributed by atoms with Gasteiger partial charge in [0.2, 0.25) is 5.90 Å². The van der Waals surface area contributed by atoms with Gasteiger partial charge in [0.25, 0.3) is 0 Å². The van der Waals surface area contributed by atoms with Crippen molar-refractivity contribution < 1.29 is 26.9 Å². The Morgan fingerprint density at radius 2 is 1.66 bits per heavy atom. The lowest BCUT2D eigenvalue weighted by Crippen LogP contribution is -2.28. The van der Waals surface area contributed by atoms with E-state index < -0.39 is 39.2 Å². The van der Waals surface area contributed by atoms with Gasteiger partial charge in [0, 0.05) is 0 Å². The molecular weight excluding hydrogens is 403 g/mol. The fourth-order valence-corrected chi connectivity index (χ4v) is 3.60. The molecule has 29 heavy (non-hydrogen) atoms. The van der Waals surface area contributed by atoms with Gasteiger partial charge in [0.05, 0.1) is 17.4 Å². The van der Waals surface area contributed by atoms with E-state index in [4.69, 9.17) is 9.47 Å². The highest BCUT2D eigenvalue weighted by atomic mass is 32.2. The topological polar surface area (TPSA) is 51.2 Å². The molecule has 0 amide bonds. The van der Waals surface area contributed by atoms with E-state index in [2.05, 4.69) is 4.40 Å². The van der Waals surface area contributed by atoms with Crippen LogP contribution in [0.3, 0.4) is 0 Å². The molecule has 0 aromatic heterocycles. The summed E-state index contributed by atoms with van der Waals surface area (Å²) in [7, 11) is -0.189. The second-order valence-corrected chi connectivity index (χ2v) is 9.59. The van der Waals surface area contributed by atoms with Gasteiger partial charge in [-0.05, 0) is 44.0 Å². The van der Waals surface area contributed by atoms with Gasteiger partial charge in [0.1, 0.15) is 17.1 Å². The van der Waals surface area contributed by atoms with Gasteiger partial charge in [-0.25, -0.2) is 4.21 Å². The van der Waals surface area contributed by atoms with Gasteiger partial charge < -0.3 is 9.47 Å². The van der Waals surface area contributed by atoms with Gasteiger partial charge in [-0.2, -0.15) is 17.6 Å². The molecule has 3 rings (SSSR count). The number of benzene rings is 2. The van der Waals surface area contributed by atoms with Crippen LogP contribution < -0.4 is 0 Å². The minimum Gasteiger partial charge on any atom is -0.481 e. The van der Waals surface area contributed by atoms with Crippen molar-refractivity contribution in [2.24, 2.45) is 4.40 Å². The number of hydrogen-bond donors (Lipinski definition) is 0. The number of rotatable bonds is 4. The van der Waals surface area contributed by atoms with Crippen LogP contribution in [0.15, 0.2) is 59.0 Å². The SMILES string of the molecule is CO/C(=N\S(=O)C(C)(C)C)[C@@]1(c2ccccc2)O[C@@H]1c1ccc(C(F)(F)F)cc1. The number of nitrogens with zero attached hydrogens (tertiary/aromatic N) is 1. The largest absolute Gasteiger partial charge is 0.481 e. The molecule has 0 saturated carbocycles. The monoisotopic (exact) mass is 425 g/mol. The third-order valence-electron chi connectivity index (χ3n) is 4.56. The van der Waals surface area contributed by atoms with E-state index in [9.17, 15) is 17.4 Å². The van der Waals surface area contributed by atoms with Crippen LogP contribution in [-0.2, 0) is 32.2 Å². The van der Waals surface area contributed by atoms with Crippen LogP contribution in [0.2, 0.25) is 0 Å². The van der Waals surface area contributed by atoms with Crippen molar-refractivity contribution in [1.29, 1.82) is 0 Å². The molecule has 156 valence electrons. The van der Waals surface area contributed by atoms with E-state index in [-0.39, 0.29) is 5.90 Å². The van der Waals surface area contributed by atoms with Crippen LogP contribution in [0.4, 0.5) is 13.2 Å². The summed E-state index contributed by atoms with van der Waals surface area (Å²) in [5.74, 6) is 0.127. The normalized spacial score (nSPS) is 23.6. The smallest absolute Gasteiger partial charge is 0.416 e. The Labute approximate surface area is 170 Å². The predicted molar refractivity (Wildman–Crippen MR) is 106 cm³/mol. The molecule has 1 aliphatic heterocycles. The van der Waals surface area contributed by atoms with Crippen molar-refractivity contribution in [3.63, 3.8) is 0 Å². The minimum atomic E-state index is -4.41. The van der Waals surface area contributed by atoms with Crippen LogP contribution in [0.5, 0.6) is 0 Å². The molecule has 2 aromatic carbocycles. The average molecular weight is 425 g/mol. The summed E-state index contributed by atoms with van der Waals surface area (Å²) in [6, 6.07) is 13.9. The zero-order valence-electron chi connectivity index (χ0n) is 16.5. The first-order valence-electron chi connectivity index (χ1n) is 8.96. The van der Waals surface area contributed by atoms with E-state index in [0.29, 0.717) is 5.56 Å². The summed E-state index contributed by atoms with van der Waals surface area (Å²) >= 11 is 0. The van der Waals surface area contributed by atoms with Crippen LogP contribution in [0, 0.1) is 0 Å². The van der Waals surface area contributed by atoms with Gasteiger partial charge in [-0.1, -0.05) is 42.5 Å². The molecule has 1 saturated heterocycles. The van der Waals surface area contributed by atoms with E-state index in [1.54, 1.807) is 20.8 Å². The lowest BCUT2D eigenvalue weighted by Gasteiger charge is -2.19. The summed E-state index contributed by atoms with van der Waals surface area (Å²) in [4.78, 5) is 0. The third-order valence-corrected chi connectivity index (χ3v) is 5.94. The van der Waals surface area contributed by atoms with Crippen molar-refractivity contribution in [2.75, 3.05) is 7.11 Å². The van der Waals surface area contributed by atoms with Crippen LogP contribution >= 0.6 is 0 Å². The molecule has 4 nitrogen and oxygen atoms in total. The van der Waals surface area contributed by atoms with Crippen molar-refractivity contribution in [3.05, 3.63) is 71.3 Å². The Morgan fingerprint density at radius 3 is 2.14 bits per heavy atom. The molecule has 0 bridgehead atoms. The summed E-state index contributed by atoms with van der Waals surface area (Å²) in [6.07, 6.45) is -5.02. The maximum Gasteiger partial charge on any atom is 0.416 e. The molecule has 1 heterocycles. The van der Waals surface area contributed by atoms with Crippen molar-refractivity contribution in [3.8, 4) is 0 Å². The molecule has 0 aliphatic carbocycles. The Kier molecular flexibility index (Phi) is 5.62. The fourth-order valence-electron chi connectivity index (χ4n) is 2.96. The quantitative estimate of drug-likeness (QED) is 0.385. The molecule has 0 radical (unpaired) electrons. The fraction of sp³-hybridized carbons (Fsp3) is 0.381. The van der Waals surface area contributed by atoms with Crippen molar-refractivity contribution in [1.82, 2.24) is 0 Å². The lowest BCUT2D eigenvalue weighted by atomic mass is 9.91. The van der Waals surface area contributed by atoms with Crippen molar-refractivity contribution in [2.45, 2.75) is 43.4 Å². The van der Waals surface area contributed by atoms with Crippen LogP contribution in [0.25, 0.3) is 0 Å². The van der Waals surface area contributed by atoms with E-state index in [1.165, 1.54) is 19.2 Å². The molecular formula is C21H22F3NO3S. The predicted octanol–water partition coefficient (Wildman–Crippen LogP) is 5.18. The molecule has 1 unspecified atom stereocenters. The highest BCUT2D eigenvalue weighted by Gasteiger charge is 2.64. The maximum absolute atomic E-state index is 12.9. The number of epoxide rings is 1. The first kappa shape index (κ1) is 21.5. The highest BCUT2D eigenvalue weighted by Crippen LogP contribution is 2.58. The number of ether oxygens (including phenoxy) is 2. The van der Waals surface area contributed by atoms with Crippen LogP contribution in [0.1, 0.15) is 43.6 Å². The molecule has 0 spiro atoms. The van der Waals surface area contributed by atoms with E-state index in [1.807, 2.05) is 30.3 Å². The number of methoxy groups -OCH3 is 1. The first-order chi connectivity index (χ1) is 13.5. The summed E-state index contributed by atoms with van der Waals surface area (Å²) in [6.45, 7) is 5.36. The molecule has 2 aromatic rings. The number of hydrogen-bond acceptors (Lipinski definition) is 3. The Hall–Kier alpha value is -2.19. The Balaban J connectivity index is 2.04. The molecule has 0 N–H and O–H groups in total. The van der Waals surface area contributed by atoms with Gasteiger partial charge >= 0.3 is 6.18 Å². The standard InChI is InChI=1S/C21H22F3NO3S/c1-19(2,3)29(26)25-18(27-4)20(15-8-6-5-7-9-15)17(28-20)14-10-12-16(13-11-14)21(22,23)24/h5-13,17H,1-4H3/b25-18-/t17-,20+,29?/m1/s1. The zero-order valence-corrected chi connectivity index (χ0v) is 17.3. The third kappa shape index (κ3) is 4.23. The van der Waals surface area contributed by atoms with Crippen LogP contribution in [-0.4, -0.2) is 22.0 Å². The highest BCUT2D eigenvalue weighted by molar-refractivity contribution is 7.85. The number of halogens is 3. The van der Waals surface area contributed by atoms with Gasteiger partial charge in [0.15, 0.2) is 5.60 Å². The van der Waals surface area contributed by atoms with E-state index in [0.717, 1.165) is 17.7 Å². The van der Waals surface area contributed by atoms with Crippen molar-refractivity contribution >= 4 is 16.9 Å². The first-order valence-corrected chi connectivity index (χ1v) is 10.1. The Bertz CT molecular complexity index is 921. The van der Waals surface area contributed by atoms with E-state index >= 15 is 0 Å². The second kappa shape index (κ2) is 7.57. The molecule has 8 heteroatoms. The lowest BCUT2D eigenvalue weighted by molar-refractivity contribution is -0.137. The Morgan fingerprint density at radius 1 is 1.07 bits per heavy atom. The molecule has 1 aliphatic rings. The summed E-state index contributed by atoms with van der Waals surface area (Å²) < 4.78 is 66.4. The van der Waals surface area contributed by atoms with Gasteiger partial charge in [-0.15, -0.1) is 0 Å².